The van der Waals surface area contributed by atoms with Crippen molar-refractivity contribution >= 4 is 17.7 Å². The highest BCUT2D eigenvalue weighted by Crippen LogP contribution is 2.07. The average molecular weight is 392 g/mol. The molecule has 1 aromatic rings. The molecule has 3 amide bonds. The molecule has 0 saturated carbocycles. The van der Waals surface area contributed by atoms with Crippen LogP contribution in [0.5, 0.6) is 0 Å². The van der Waals surface area contributed by atoms with Gasteiger partial charge in [0.05, 0.1) is 6.04 Å². The molecule has 0 radical (unpaired) electrons. The summed E-state index contributed by atoms with van der Waals surface area (Å²) >= 11 is 0. The number of nitrogens with one attached hydrogen (secondary N) is 2. The summed E-state index contributed by atoms with van der Waals surface area (Å²) in [5.41, 5.74) is 17.7. The van der Waals surface area contributed by atoms with E-state index in [4.69, 9.17) is 17.2 Å². The first-order valence-corrected chi connectivity index (χ1v) is 9.65. The maximum Gasteiger partial charge on any atom is 0.243 e. The summed E-state index contributed by atoms with van der Waals surface area (Å²) in [6.45, 7) is 4.11. The van der Waals surface area contributed by atoms with Crippen LogP contribution in [0.3, 0.4) is 0 Å². The van der Waals surface area contributed by atoms with Crippen molar-refractivity contribution in [3.63, 3.8) is 0 Å². The van der Waals surface area contributed by atoms with Gasteiger partial charge in [0.2, 0.25) is 17.7 Å². The zero-order chi connectivity index (χ0) is 21.1. The molecule has 0 heterocycles. The number of unbranched alkanes of at least 4 members (excludes halogenated alkanes) is 1. The average Bonchev–Trinajstić information content (AvgIpc) is 2.65. The highest BCUT2D eigenvalue weighted by molar-refractivity contribution is 5.92. The molecule has 1 rings (SSSR count). The molecule has 8 N–H and O–H groups in total. The highest BCUT2D eigenvalue weighted by Gasteiger charge is 2.28. The van der Waals surface area contributed by atoms with Gasteiger partial charge in [-0.25, -0.2) is 0 Å². The molecule has 0 unspecified atom stereocenters. The van der Waals surface area contributed by atoms with Crippen LogP contribution in [0.25, 0.3) is 0 Å². The van der Waals surface area contributed by atoms with Crippen LogP contribution in [0.15, 0.2) is 30.3 Å². The van der Waals surface area contributed by atoms with Gasteiger partial charge in [-0.2, -0.15) is 0 Å². The number of primary amides is 1. The second-order valence-corrected chi connectivity index (χ2v) is 7.27. The number of benzene rings is 1. The van der Waals surface area contributed by atoms with Crippen LogP contribution in [0.2, 0.25) is 0 Å². The number of rotatable bonds is 12. The molecule has 3 atom stereocenters. The minimum Gasteiger partial charge on any atom is -0.368 e. The van der Waals surface area contributed by atoms with Crippen LogP contribution in [0.1, 0.15) is 38.7 Å². The van der Waals surface area contributed by atoms with Crippen molar-refractivity contribution in [2.24, 2.45) is 23.1 Å². The minimum atomic E-state index is -0.865. The van der Waals surface area contributed by atoms with Crippen molar-refractivity contribution in [1.82, 2.24) is 10.6 Å². The number of hydrogen-bond donors (Lipinski definition) is 5. The smallest absolute Gasteiger partial charge is 0.243 e. The first kappa shape index (κ1) is 23.6. The Labute approximate surface area is 166 Å². The van der Waals surface area contributed by atoms with E-state index >= 15 is 0 Å². The first-order chi connectivity index (χ1) is 13.3. The van der Waals surface area contributed by atoms with Gasteiger partial charge in [-0.05, 0) is 30.9 Å². The van der Waals surface area contributed by atoms with Crippen LogP contribution >= 0.6 is 0 Å². The molecule has 28 heavy (non-hydrogen) atoms. The Hall–Kier alpha value is -2.45. The third-order valence-electron chi connectivity index (χ3n) is 4.49. The molecule has 8 nitrogen and oxygen atoms in total. The van der Waals surface area contributed by atoms with Gasteiger partial charge in [0.25, 0.3) is 0 Å². The standard InChI is InChI=1S/C20H33N5O3/c1-13(2)17(18(23)26)25-20(28)16(12-14-8-4-3-5-9-14)24-19(27)15(22)10-6-7-11-21/h3-5,8-9,13,15-17H,6-7,10-12,21-22H2,1-2H3,(H2,23,26)(H,24,27)(H,25,28)/t15-,16-,17-/m0/s1. The van der Waals surface area contributed by atoms with Crippen LogP contribution in [0, 0.1) is 5.92 Å². The molecule has 0 aromatic heterocycles. The summed E-state index contributed by atoms with van der Waals surface area (Å²) in [5.74, 6) is -1.67. The predicted molar refractivity (Wildman–Crippen MR) is 109 cm³/mol. The lowest BCUT2D eigenvalue weighted by Gasteiger charge is -2.25. The lowest BCUT2D eigenvalue weighted by Crippen LogP contribution is -2.57. The van der Waals surface area contributed by atoms with Gasteiger partial charge in [0.1, 0.15) is 12.1 Å². The van der Waals surface area contributed by atoms with E-state index in [1.54, 1.807) is 13.8 Å². The number of carbonyl (C=O) groups is 3. The number of carbonyl (C=O) groups excluding carboxylic acids is 3. The predicted octanol–water partition coefficient (Wildman–Crippen LogP) is -0.204. The van der Waals surface area contributed by atoms with E-state index < -0.39 is 35.8 Å². The summed E-state index contributed by atoms with van der Waals surface area (Å²) in [7, 11) is 0. The molecule has 0 aliphatic carbocycles. The fourth-order valence-electron chi connectivity index (χ4n) is 2.80. The van der Waals surface area contributed by atoms with Crippen LogP contribution < -0.4 is 27.8 Å². The largest absolute Gasteiger partial charge is 0.368 e. The van der Waals surface area contributed by atoms with Crippen molar-refractivity contribution < 1.29 is 14.4 Å². The van der Waals surface area contributed by atoms with Crippen molar-refractivity contribution in [2.45, 2.75) is 57.7 Å². The molecule has 0 aliphatic heterocycles. The normalized spacial score (nSPS) is 14.2. The topological polar surface area (TPSA) is 153 Å². The highest BCUT2D eigenvalue weighted by atomic mass is 16.2. The van der Waals surface area contributed by atoms with Crippen LogP contribution in [0.4, 0.5) is 0 Å². The molecule has 8 heteroatoms. The third-order valence-corrected chi connectivity index (χ3v) is 4.49. The Kier molecular flexibility index (Phi) is 10.2. The summed E-state index contributed by atoms with van der Waals surface area (Å²) < 4.78 is 0. The van der Waals surface area contributed by atoms with Crippen LogP contribution in [-0.2, 0) is 20.8 Å². The van der Waals surface area contributed by atoms with Gasteiger partial charge in [-0.3, -0.25) is 14.4 Å². The zero-order valence-corrected chi connectivity index (χ0v) is 16.7. The molecule has 0 fully saturated rings. The van der Waals surface area contributed by atoms with E-state index in [0.717, 1.165) is 18.4 Å². The van der Waals surface area contributed by atoms with Gasteiger partial charge >= 0.3 is 0 Å². The van der Waals surface area contributed by atoms with Crippen LogP contribution in [-0.4, -0.2) is 42.4 Å². The summed E-state index contributed by atoms with van der Waals surface area (Å²) in [6, 6.07) is 6.89. The Bertz CT molecular complexity index is 636. The number of amides is 3. The molecule has 0 saturated heterocycles. The molecule has 0 bridgehead atoms. The van der Waals surface area contributed by atoms with Crippen molar-refractivity contribution in [3.8, 4) is 0 Å². The van der Waals surface area contributed by atoms with E-state index in [0.29, 0.717) is 13.0 Å². The summed E-state index contributed by atoms with van der Waals surface area (Å²) in [6.07, 6.45) is 2.28. The maximum atomic E-state index is 12.8. The van der Waals surface area contributed by atoms with Gasteiger partial charge in [-0.15, -0.1) is 0 Å². The van der Waals surface area contributed by atoms with E-state index in [1.807, 2.05) is 30.3 Å². The van der Waals surface area contributed by atoms with Crippen molar-refractivity contribution in [1.29, 1.82) is 0 Å². The Morgan fingerprint density at radius 1 is 1.00 bits per heavy atom. The SMILES string of the molecule is CC(C)[C@H](NC(=O)[C@H](Cc1ccccc1)NC(=O)[C@@H](N)CCCCN)C(N)=O. The van der Waals surface area contributed by atoms with Gasteiger partial charge in [-0.1, -0.05) is 50.6 Å². The van der Waals surface area contributed by atoms with E-state index in [-0.39, 0.29) is 12.3 Å². The van der Waals surface area contributed by atoms with Crippen molar-refractivity contribution in [2.75, 3.05) is 6.54 Å². The fraction of sp³-hybridized carbons (Fsp3) is 0.550. The van der Waals surface area contributed by atoms with Gasteiger partial charge in [0.15, 0.2) is 0 Å². The Morgan fingerprint density at radius 3 is 2.18 bits per heavy atom. The molecular weight excluding hydrogens is 358 g/mol. The van der Waals surface area contributed by atoms with E-state index in [1.165, 1.54) is 0 Å². The molecular formula is C20H33N5O3. The lowest BCUT2D eigenvalue weighted by molar-refractivity contribution is -0.132. The second-order valence-electron chi connectivity index (χ2n) is 7.27. The number of hydrogen-bond acceptors (Lipinski definition) is 5. The van der Waals surface area contributed by atoms with Gasteiger partial charge in [0, 0.05) is 6.42 Å². The monoisotopic (exact) mass is 391 g/mol. The Balaban J connectivity index is 2.87. The molecule has 0 spiro atoms. The third kappa shape index (κ3) is 8.06. The second kappa shape index (κ2) is 12.1. The lowest BCUT2D eigenvalue weighted by atomic mass is 10.0. The fourth-order valence-corrected chi connectivity index (χ4v) is 2.80. The Morgan fingerprint density at radius 2 is 1.64 bits per heavy atom. The van der Waals surface area contributed by atoms with Gasteiger partial charge < -0.3 is 27.8 Å². The quantitative estimate of drug-likeness (QED) is 0.312. The molecule has 0 aliphatic rings. The maximum absolute atomic E-state index is 12.8. The minimum absolute atomic E-state index is 0.173. The molecule has 1 aromatic carbocycles. The molecule has 156 valence electrons. The summed E-state index contributed by atoms with van der Waals surface area (Å²) in [5, 5.41) is 5.36. The number of nitrogens with two attached hydrogens (primary N) is 3. The zero-order valence-electron chi connectivity index (χ0n) is 16.7. The van der Waals surface area contributed by atoms with Crippen molar-refractivity contribution in [3.05, 3.63) is 35.9 Å². The van der Waals surface area contributed by atoms with E-state index in [9.17, 15) is 14.4 Å². The van der Waals surface area contributed by atoms with E-state index in [2.05, 4.69) is 10.6 Å². The summed E-state index contributed by atoms with van der Waals surface area (Å²) in [4.78, 5) is 36.9. The first-order valence-electron chi connectivity index (χ1n) is 9.65.